The summed E-state index contributed by atoms with van der Waals surface area (Å²) in [4.78, 5) is 1.20. The number of thiophene rings is 1. The van der Waals surface area contributed by atoms with Crippen LogP contribution in [0.25, 0.3) is 0 Å². The standard InChI is InChI=1S/C10H13BrN2S/c1-3-7(2)13-9(6-12)10-8(11)4-5-14-10/h1,4-5,7,9,13H,6,12H2,2H3. The molecule has 4 heteroatoms. The quantitative estimate of drug-likeness (QED) is 0.825. The number of halogens is 1. The second-order valence-electron chi connectivity index (χ2n) is 2.98. The van der Waals surface area contributed by atoms with E-state index in [0.29, 0.717) is 6.54 Å². The van der Waals surface area contributed by atoms with Crippen molar-refractivity contribution >= 4 is 27.3 Å². The molecule has 1 heterocycles. The highest BCUT2D eigenvalue weighted by atomic mass is 79.9. The highest BCUT2D eigenvalue weighted by Crippen LogP contribution is 2.28. The zero-order chi connectivity index (χ0) is 10.6. The lowest BCUT2D eigenvalue weighted by Crippen LogP contribution is -2.33. The van der Waals surface area contributed by atoms with Gasteiger partial charge in [0.05, 0.1) is 12.1 Å². The fourth-order valence-electron chi connectivity index (χ4n) is 1.15. The first-order valence-corrected chi connectivity index (χ1v) is 6.01. The van der Waals surface area contributed by atoms with Crippen molar-refractivity contribution in [1.29, 1.82) is 0 Å². The zero-order valence-corrected chi connectivity index (χ0v) is 10.4. The van der Waals surface area contributed by atoms with Gasteiger partial charge in [-0.1, -0.05) is 5.92 Å². The van der Waals surface area contributed by atoms with Gasteiger partial charge in [-0.2, -0.15) is 0 Å². The summed E-state index contributed by atoms with van der Waals surface area (Å²) in [5.74, 6) is 2.63. The molecule has 1 aromatic heterocycles. The normalized spacial score (nSPS) is 14.7. The van der Waals surface area contributed by atoms with Crippen molar-refractivity contribution in [3.8, 4) is 12.3 Å². The highest BCUT2D eigenvalue weighted by Gasteiger charge is 2.15. The van der Waals surface area contributed by atoms with Crippen molar-refractivity contribution in [1.82, 2.24) is 5.32 Å². The van der Waals surface area contributed by atoms with E-state index in [-0.39, 0.29) is 12.1 Å². The molecule has 0 radical (unpaired) electrons. The Bertz CT molecular complexity index is 329. The van der Waals surface area contributed by atoms with Gasteiger partial charge in [0.15, 0.2) is 0 Å². The average Bonchev–Trinajstić information content (AvgIpc) is 2.60. The minimum absolute atomic E-state index is 0.0394. The van der Waals surface area contributed by atoms with E-state index in [2.05, 4.69) is 27.2 Å². The van der Waals surface area contributed by atoms with Gasteiger partial charge in [-0.3, -0.25) is 5.32 Å². The molecule has 0 saturated carbocycles. The van der Waals surface area contributed by atoms with E-state index in [1.165, 1.54) is 4.88 Å². The number of nitrogens with two attached hydrogens (primary N) is 1. The molecule has 1 rings (SSSR count). The van der Waals surface area contributed by atoms with E-state index >= 15 is 0 Å². The Hall–Kier alpha value is -0.340. The fourth-order valence-corrected chi connectivity index (χ4v) is 2.88. The number of hydrogen-bond acceptors (Lipinski definition) is 3. The second-order valence-corrected chi connectivity index (χ2v) is 4.78. The summed E-state index contributed by atoms with van der Waals surface area (Å²) in [5, 5.41) is 5.31. The predicted octanol–water partition coefficient (Wildman–Crippen LogP) is 2.12. The Morgan fingerprint density at radius 3 is 2.93 bits per heavy atom. The van der Waals surface area contributed by atoms with Crippen LogP contribution in [0.4, 0.5) is 0 Å². The van der Waals surface area contributed by atoms with Crippen LogP contribution in [0.3, 0.4) is 0 Å². The van der Waals surface area contributed by atoms with Crippen LogP contribution in [0, 0.1) is 12.3 Å². The van der Waals surface area contributed by atoms with Gasteiger partial charge in [0, 0.05) is 15.9 Å². The van der Waals surface area contributed by atoms with E-state index < -0.39 is 0 Å². The van der Waals surface area contributed by atoms with Crippen LogP contribution in [0.15, 0.2) is 15.9 Å². The maximum atomic E-state index is 5.69. The smallest absolute Gasteiger partial charge is 0.0663 e. The van der Waals surface area contributed by atoms with Crippen LogP contribution in [0.5, 0.6) is 0 Å². The largest absolute Gasteiger partial charge is 0.329 e. The van der Waals surface area contributed by atoms with Crippen molar-refractivity contribution in [2.24, 2.45) is 5.73 Å². The van der Waals surface area contributed by atoms with E-state index in [0.717, 1.165) is 4.47 Å². The number of hydrogen-bond donors (Lipinski definition) is 2. The number of rotatable bonds is 4. The third-order valence-electron chi connectivity index (χ3n) is 1.90. The maximum absolute atomic E-state index is 5.69. The third kappa shape index (κ3) is 2.82. The molecular weight excluding hydrogens is 260 g/mol. The SMILES string of the molecule is C#CC(C)NC(CN)c1sccc1Br. The predicted molar refractivity (Wildman–Crippen MR) is 65.2 cm³/mol. The molecule has 0 amide bonds. The van der Waals surface area contributed by atoms with Gasteiger partial charge in [-0.25, -0.2) is 0 Å². The molecule has 0 aliphatic rings. The van der Waals surface area contributed by atoms with Crippen LogP contribution in [-0.2, 0) is 0 Å². The van der Waals surface area contributed by atoms with E-state index in [9.17, 15) is 0 Å². The van der Waals surface area contributed by atoms with Crippen LogP contribution in [0.1, 0.15) is 17.8 Å². The van der Waals surface area contributed by atoms with Crippen molar-refractivity contribution in [3.05, 3.63) is 20.8 Å². The lowest BCUT2D eigenvalue weighted by molar-refractivity contribution is 0.523. The first-order valence-electron chi connectivity index (χ1n) is 4.34. The fraction of sp³-hybridized carbons (Fsp3) is 0.400. The summed E-state index contributed by atoms with van der Waals surface area (Å²) < 4.78 is 1.09. The molecule has 0 bridgehead atoms. The first kappa shape index (κ1) is 11.7. The molecule has 0 aliphatic heterocycles. The monoisotopic (exact) mass is 272 g/mol. The summed E-state index contributed by atoms with van der Waals surface area (Å²) in [7, 11) is 0. The molecule has 14 heavy (non-hydrogen) atoms. The molecule has 76 valence electrons. The molecular formula is C10H13BrN2S. The molecule has 2 atom stereocenters. The Labute approximate surface area is 97.0 Å². The van der Waals surface area contributed by atoms with Crippen LogP contribution in [-0.4, -0.2) is 12.6 Å². The molecule has 2 nitrogen and oxygen atoms in total. The van der Waals surface area contributed by atoms with Crippen molar-refractivity contribution < 1.29 is 0 Å². The Morgan fingerprint density at radius 1 is 1.79 bits per heavy atom. The molecule has 3 N–H and O–H groups in total. The molecule has 2 unspecified atom stereocenters. The van der Waals surface area contributed by atoms with Gasteiger partial charge in [0.1, 0.15) is 0 Å². The molecule has 0 aromatic carbocycles. The van der Waals surface area contributed by atoms with Gasteiger partial charge < -0.3 is 5.73 Å². The van der Waals surface area contributed by atoms with E-state index in [1.807, 2.05) is 18.4 Å². The lowest BCUT2D eigenvalue weighted by atomic mass is 10.2. The second kappa shape index (κ2) is 5.52. The van der Waals surface area contributed by atoms with Crippen molar-refractivity contribution in [3.63, 3.8) is 0 Å². The topological polar surface area (TPSA) is 38.0 Å². The number of terminal acetylenes is 1. The van der Waals surface area contributed by atoms with Gasteiger partial charge >= 0.3 is 0 Å². The first-order chi connectivity index (χ1) is 6.69. The summed E-state index contributed by atoms with van der Waals surface area (Å²) in [6.45, 7) is 2.50. The molecule has 0 saturated heterocycles. The lowest BCUT2D eigenvalue weighted by Gasteiger charge is -2.18. The Morgan fingerprint density at radius 2 is 2.50 bits per heavy atom. The number of nitrogens with one attached hydrogen (secondary N) is 1. The van der Waals surface area contributed by atoms with Crippen molar-refractivity contribution in [2.45, 2.75) is 19.0 Å². The van der Waals surface area contributed by atoms with Crippen LogP contribution >= 0.6 is 27.3 Å². The van der Waals surface area contributed by atoms with Gasteiger partial charge in [0.25, 0.3) is 0 Å². The zero-order valence-electron chi connectivity index (χ0n) is 7.96. The maximum Gasteiger partial charge on any atom is 0.0663 e. The van der Waals surface area contributed by atoms with E-state index in [1.54, 1.807) is 11.3 Å². The van der Waals surface area contributed by atoms with Crippen LogP contribution in [0.2, 0.25) is 0 Å². The molecule has 0 fully saturated rings. The minimum atomic E-state index is 0.0394. The molecule has 0 aliphatic carbocycles. The van der Waals surface area contributed by atoms with Gasteiger partial charge in [-0.15, -0.1) is 17.8 Å². The molecule has 1 aromatic rings. The van der Waals surface area contributed by atoms with Gasteiger partial charge in [-0.05, 0) is 34.3 Å². The summed E-state index contributed by atoms with van der Waals surface area (Å²) in [6.07, 6.45) is 5.30. The van der Waals surface area contributed by atoms with Gasteiger partial charge in [0.2, 0.25) is 0 Å². The summed E-state index contributed by atoms with van der Waals surface area (Å²) in [6, 6.07) is 2.19. The summed E-state index contributed by atoms with van der Waals surface area (Å²) in [5.41, 5.74) is 5.69. The third-order valence-corrected chi connectivity index (χ3v) is 3.88. The average molecular weight is 273 g/mol. The molecule has 0 spiro atoms. The summed E-state index contributed by atoms with van der Waals surface area (Å²) >= 11 is 5.16. The van der Waals surface area contributed by atoms with Crippen LogP contribution < -0.4 is 11.1 Å². The minimum Gasteiger partial charge on any atom is -0.329 e. The Balaban J connectivity index is 2.74. The Kier molecular flexibility index (Phi) is 4.63. The van der Waals surface area contributed by atoms with E-state index in [4.69, 9.17) is 12.2 Å². The highest BCUT2D eigenvalue weighted by molar-refractivity contribution is 9.10. The van der Waals surface area contributed by atoms with Crippen molar-refractivity contribution in [2.75, 3.05) is 6.54 Å².